The molecule has 0 radical (unpaired) electrons. The number of fused-ring (bicyclic) bond motifs is 1. The van der Waals surface area contributed by atoms with Crippen molar-refractivity contribution in [3.05, 3.63) is 107 Å². The monoisotopic (exact) mass is 584 g/mol. The standard InChI is InChI=1S/C35H37FN2O5/c1-22(2)38-30(17-16-28(39)18-29(40)19-31(41)42)32(24-12-14-27(36)15-13-24)33(23-8-4-3-5-9-23)34(38)35(43)37-20-25-10-6-7-11-26(25)21-37/h3-15,22,28-29,39-40H,16-21H2,1-2H3,(H,41,42)/t28-,29-/m1/s1. The van der Waals surface area contributed by atoms with E-state index in [1.807, 2.05) is 77.9 Å². The fourth-order valence-corrected chi connectivity index (χ4v) is 6.12. The minimum Gasteiger partial charge on any atom is -0.481 e. The van der Waals surface area contributed by atoms with E-state index in [0.29, 0.717) is 25.2 Å². The van der Waals surface area contributed by atoms with Crippen LogP contribution in [0.3, 0.4) is 0 Å². The first-order valence-corrected chi connectivity index (χ1v) is 14.7. The van der Waals surface area contributed by atoms with E-state index in [2.05, 4.69) is 0 Å². The Labute approximate surface area is 250 Å². The molecule has 1 aliphatic rings. The second-order valence-electron chi connectivity index (χ2n) is 11.5. The van der Waals surface area contributed by atoms with Crippen LogP contribution in [0.15, 0.2) is 78.9 Å². The van der Waals surface area contributed by atoms with Gasteiger partial charge in [0, 0.05) is 36.0 Å². The van der Waals surface area contributed by atoms with Crippen molar-refractivity contribution in [3.8, 4) is 22.3 Å². The summed E-state index contributed by atoms with van der Waals surface area (Å²) >= 11 is 0. The second kappa shape index (κ2) is 12.9. The molecule has 7 nitrogen and oxygen atoms in total. The molecule has 43 heavy (non-hydrogen) atoms. The van der Waals surface area contributed by atoms with Gasteiger partial charge in [0.15, 0.2) is 0 Å². The number of amides is 1. The van der Waals surface area contributed by atoms with Gasteiger partial charge in [-0.05, 0) is 67.5 Å². The highest BCUT2D eigenvalue weighted by Gasteiger charge is 2.34. The molecular formula is C35H37FN2O5. The maximum atomic E-state index is 14.6. The van der Waals surface area contributed by atoms with E-state index in [9.17, 15) is 24.2 Å². The van der Waals surface area contributed by atoms with Crippen molar-refractivity contribution in [2.75, 3.05) is 0 Å². The van der Waals surface area contributed by atoms with Gasteiger partial charge in [0.25, 0.3) is 5.91 Å². The molecule has 5 rings (SSSR count). The lowest BCUT2D eigenvalue weighted by Crippen LogP contribution is -2.29. The number of aliphatic hydroxyl groups is 2. The summed E-state index contributed by atoms with van der Waals surface area (Å²) < 4.78 is 16.1. The van der Waals surface area contributed by atoms with Crippen LogP contribution in [-0.4, -0.2) is 48.9 Å². The Morgan fingerprint density at radius 2 is 1.40 bits per heavy atom. The van der Waals surface area contributed by atoms with Crippen molar-refractivity contribution in [1.29, 1.82) is 0 Å². The summed E-state index contributed by atoms with van der Waals surface area (Å²) in [6.07, 6.45) is -2.08. The van der Waals surface area contributed by atoms with Crippen LogP contribution in [0.1, 0.15) is 66.5 Å². The van der Waals surface area contributed by atoms with Crippen molar-refractivity contribution in [3.63, 3.8) is 0 Å². The van der Waals surface area contributed by atoms with Crippen molar-refractivity contribution < 1.29 is 29.3 Å². The summed E-state index contributed by atoms with van der Waals surface area (Å²) in [5, 5.41) is 29.9. The summed E-state index contributed by atoms with van der Waals surface area (Å²) in [5.74, 6) is -1.62. The number of aliphatic carboxylic acids is 1. The predicted octanol–water partition coefficient (Wildman–Crippen LogP) is 6.22. The number of carboxylic acid groups (broad SMARTS) is 1. The van der Waals surface area contributed by atoms with Crippen LogP contribution >= 0.6 is 0 Å². The van der Waals surface area contributed by atoms with E-state index in [4.69, 9.17) is 5.11 Å². The van der Waals surface area contributed by atoms with Gasteiger partial charge in [-0.1, -0.05) is 66.7 Å². The van der Waals surface area contributed by atoms with Gasteiger partial charge in [-0.25, -0.2) is 4.39 Å². The lowest BCUT2D eigenvalue weighted by molar-refractivity contribution is -0.139. The number of benzene rings is 3. The van der Waals surface area contributed by atoms with Crippen LogP contribution < -0.4 is 0 Å². The quantitative estimate of drug-likeness (QED) is 0.194. The fourth-order valence-electron chi connectivity index (χ4n) is 6.12. The highest BCUT2D eigenvalue weighted by Crippen LogP contribution is 2.43. The molecule has 0 spiro atoms. The molecule has 1 aromatic heterocycles. The van der Waals surface area contributed by atoms with Gasteiger partial charge in [-0.3, -0.25) is 9.59 Å². The maximum Gasteiger partial charge on any atom is 0.305 e. The Balaban J connectivity index is 1.66. The van der Waals surface area contributed by atoms with Crippen LogP contribution in [0.2, 0.25) is 0 Å². The Kier molecular flexibility index (Phi) is 9.08. The molecule has 0 saturated carbocycles. The average Bonchev–Trinajstić information content (AvgIpc) is 3.56. The molecule has 2 atom stereocenters. The number of halogens is 1. The summed E-state index contributed by atoms with van der Waals surface area (Å²) in [6.45, 7) is 5.01. The molecule has 0 aliphatic carbocycles. The average molecular weight is 585 g/mol. The van der Waals surface area contributed by atoms with Crippen LogP contribution in [0, 0.1) is 5.82 Å². The van der Waals surface area contributed by atoms with Gasteiger partial charge < -0.3 is 24.8 Å². The first-order chi connectivity index (χ1) is 20.6. The Bertz CT molecular complexity index is 1570. The highest BCUT2D eigenvalue weighted by molar-refractivity contribution is 6.05. The Hall–Kier alpha value is -4.27. The van der Waals surface area contributed by atoms with Crippen LogP contribution in [0.25, 0.3) is 22.3 Å². The van der Waals surface area contributed by atoms with E-state index in [1.54, 1.807) is 12.1 Å². The Morgan fingerprint density at radius 3 is 1.98 bits per heavy atom. The first-order valence-electron chi connectivity index (χ1n) is 14.7. The zero-order chi connectivity index (χ0) is 30.7. The van der Waals surface area contributed by atoms with Crippen molar-refractivity contribution in [1.82, 2.24) is 9.47 Å². The topological polar surface area (TPSA) is 103 Å². The summed E-state index contributed by atoms with van der Waals surface area (Å²) in [5.41, 5.74) is 6.70. The number of carboxylic acids is 1. The van der Waals surface area contributed by atoms with Crippen LogP contribution in [-0.2, 0) is 24.3 Å². The molecule has 1 amide bonds. The lowest BCUT2D eigenvalue weighted by Gasteiger charge is -2.22. The third-order valence-electron chi connectivity index (χ3n) is 8.02. The molecule has 2 heterocycles. The molecule has 0 bridgehead atoms. The van der Waals surface area contributed by atoms with E-state index in [1.165, 1.54) is 12.1 Å². The van der Waals surface area contributed by atoms with E-state index in [-0.39, 0.29) is 30.6 Å². The van der Waals surface area contributed by atoms with Gasteiger partial charge in [-0.2, -0.15) is 0 Å². The van der Waals surface area contributed by atoms with Gasteiger partial charge in [0.1, 0.15) is 11.5 Å². The minimum atomic E-state index is -1.17. The Morgan fingerprint density at radius 1 is 0.814 bits per heavy atom. The predicted molar refractivity (Wildman–Crippen MR) is 163 cm³/mol. The van der Waals surface area contributed by atoms with Gasteiger partial charge in [0.05, 0.1) is 18.6 Å². The number of aliphatic hydroxyl groups excluding tert-OH is 2. The van der Waals surface area contributed by atoms with Crippen LogP contribution in [0.4, 0.5) is 4.39 Å². The molecule has 8 heteroatoms. The van der Waals surface area contributed by atoms with E-state index in [0.717, 1.165) is 39.1 Å². The van der Waals surface area contributed by atoms with Crippen molar-refractivity contribution >= 4 is 11.9 Å². The minimum absolute atomic E-state index is 0.0794. The number of hydrogen-bond acceptors (Lipinski definition) is 4. The largest absolute Gasteiger partial charge is 0.481 e. The molecule has 3 N–H and O–H groups in total. The van der Waals surface area contributed by atoms with Gasteiger partial charge in [0.2, 0.25) is 0 Å². The zero-order valence-corrected chi connectivity index (χ0v) is 24.4. The number of aromatic nitrogens is 1. The molecule has 3 aromatic carbocycles. The maximum absolute atomic E-state index is 14.6. The molecule has 4 aromatic rings. The lowest BCUT2D eigenvalue weighted by atomic mass is 9.92. The van der Waals surface area contributed by atoms with Crippen molar-refractivity contribution in [2.45, 2.75) is 70.9 Å². The SMILES string of the molecule is CC(C)n1c(CC[C@@H](O)C[C@@H](O)CC(=O)O)c(-c2ccc(F)cc2)c(-c2ccccc2)c1C(=O)N1Cc2ccccc2C1. The summed E-state index contributed by atoms with van der Waals surface area (Å²) in [6, 6.07) is 23.8. The zero-order valence-electron chi connectivity index (χ0n) is 24.4. The fraction of sp³-hybridized carbons (Fsp3) is 0.314. The first kappa shape index (κ1) is 30.2. The molecule has 0 saturated heterocycles. The van der Waals surface area contributed by atoms with E-state index < -0.39 is 24.6 Å². The smallest absolute Gasteiger partial charge is 0.305 e. The molecule has 224 valence electrons. The summed E-state index contributed by atoms with van der Waals surface area (Å²) in [4.78, 5) is 27.5. The summed E-state index contributed by atoms with van der Waals surface area (Å²) in [7, 11) is 0. The van der Waals surface area contributed by atoms with Gasteiger partial charge in [-0.15, -0.1) is 0 Å². The number of nitrogens with zero attached hydrogens (tertiary/aromatic N) is 2. The van der Waals surface area contributed by atoms with Crippen LogP contribution in [0.5, 0.6) is 0 Å². The molecule has 1 aliphatic heterocycles. The van der Waals surface area contributed by atoms with Crippen molar-refractivity contribution in [2.24, 2.45) is 0 Å². The molecular weight excluding hydrogens is 547 g/mol. The molecule has 0 fully saturated rings. The second-order valence-corrected chi connectivity index (χ2v) is 11.5. The number of carbonyl (C=O) groups excluding carboxylic acids is 1. The number of carbonyl (C=O) groups is 2. The number of rotatable bonds is 11. The molecule has 0 unspecified atom stereocenters. The normalized spacial score (nSPS) is 14.1. The third kappa shape index (κ3) is 6.55. The van der Waals surface area contributed by atoms with Gasteiger partial charge >= 0.3 is 5.97 Å². The highest BCUT2D eigenvalue weighted by atomic mass is 19.1. The number of hydrogen-bond donors (Lipinski definition) is 3. The van der Waals surface area contributed by atoms with E-state index >= 15 is 0 Å². The third-order valence-corrected chi connectivity index (χ3v) is 8.02.